The second kappa shape index (κ2) is 10.0. The van der Waals surface area contributed by atoms with Gasteiger partial charge in [-0.05, 0) is 43.3 Å². The zero-order valence-corrected chi connectivity index (χ0v) is 19.0. The molecular weight excluding hydrogens is 436 g/mol. The van der Waals surface area contributed by atoms with Crippen LogP contribution in [-0.2, 0) is 24.3 Å². The maximum atomic E-state index is 13.2. The Balaban J connectivity index is 1.84. The Labute approximate surface area is 187 Å². The van der Waals surface area contributed by atoms with E-state index in [1.807, 2.05) is 6.92 Å². The Morgan fingerprint density at radius 3 is 2.44 bits per heavy atom. The fourth-order valence-electron chi connectivity index (χ4n) is 3.35. The van der Waals surface area contributed by atoms with Gasteiger partial charge in [0.05, 0.1) is 37.4 Å². The first-order chi connectivity index (χ1) is 15.3. The molecule has 2 aromatic carbocycles. The third-order valence-electron chi connectivity index (χ3n) is 4.98. The second-order valence-electron chi connectivity index (χ2n) is 6.94. The number of likely N-dealkylation sites (N-methyl/N-ethyl adjacent to an activating group) is 1. The van der Waals surface area contributed by atoms with Crippen molar-refractivity contribution in [3.05, 3.63) is 48.5 Å². The number of rotatable bonds is 8. The van der Waals surface area contributed by atoms with E-state index in [0.29, 0.717) is 23.8 Å². The van der Waals surface area contributed by atoms with E-state index in [-0.39, 0.29) is 18.0 Å². The Bertz CT molecular complexity index is 1070. The van der Waals surface area contributed by atoms with Crippen LogP contribution in [0.25, 0.3) is 0 Å². The first-order valence-corrected chi connectivity index (χ1v) is 11.6. The maximum Gasteiger partial charge on any atom is 0.348 e. The highest BCUT2D eigenvalue weighted by atomic mass is 32.2. The van der Waals surface area contributed by atoms with Gasteiger partial charge in [0.15, 0.2) is 0 Å². The summed E-state index contributed by atoms with van der Waals surface area (Å²) in [6, 6.07) is 12.8. The van der Waals surface area contributed by atoms with Gasteiger partial charge >= 0.3 is 5.97 Å². The summed E-state index contributed by atoms with van der Waals surface area (Å²) in [5.41, 5.74) is 0.465. The largest absolute Gasteiger partial charge is 0.494 e. The van der Waals surface area contributed by atoms with Gasteiger partial charge in [-0.15, -0.1) is 0 Å². The number of sulfonamides is 1. The highest BCUT2D eigenvalue weighted by Gasteiger charge is 2.36. The van der Waals surface area contributed by atoms with Gasteiger partial charge in [-0.2, -0.15) is 4.31 Å². The minimum Gasteiger partial charge on any atom is -0.494 e. The Kier molecular flexibility index (Phi) is 7.37. The predicted octanol–water partition coefficient (Wildman–Crippen LogP) is 2.06. The van der Waals surface area contributed by atoms with Crippen LogP contribution < -0.4 is 14.4 Å². The van der Waals surface area contributed by atoms with Crippen molar-refractivity contribution in [2.45, 2.75) is 24.8 Å². The molecule has 1 heterocycles. The van der Waals surface area contributed by atoms with Crippen LogP contribution in [0, 0.1) is 0 Å². The van der Waals surface area contributed by atoms with Crippen LogP contribution >= 0.6 is 0 Å². The number of carbonyl (C=O) groups excluding carboxylic acids is 2. The fraction of sp³-hybridized carbons (Fsp3) is 0.364. The Morgan fingerprint density at radius 1 is 1.12 bits per heavy atom. The van der Waals surface area contributed by atoms with E-state index in [2.05, 4.69) is 0 Å². The average Bonchev–Trinajstić information content (AvgIpc) is 2.81. The molecule has 3 rings (SSSR count). The number of para-hydroxylation sites is 2. The van der Waals surface area contributed by atoms with Crippen molar-refractivity contribution in [3.63, 3.8) is 0 Å². The summed E-state index contributed by atoms with van der Waals surface area (Å²) in [5, 5.41) is 0. The molecule has 0 aliphatic carbocycles. The lowest BCUT2D eigenvalue weighted by molar-refractivity contribution is -0.148. The molecule has 10 heteroatoms. The molecule has 0 spiro atoms. The molecule has 0 aromatic heterocycles. The van der Waals surface area contributed by atoms with Crippen LogP contribution in [0.2, 0.25) is 0 Å². The number of ether oxygens (including phenoxy) is 3. The molecule has 1 atom stereocenters. The number of hydrogen-bond acceptors (Lipinski definition) is 7. The molecule has 1 aliphatic heterocycles. The number of esters is 1. The van der Waals surface area contributed by atoms with Crippen LogP contribution in [-0.4, -0.2) is 64.1 Å². The van der Waals surface area contributed by atoms with E-state index in [1.54, 1.807) is 43.3 Å². The summed E-state index contributed by atoms with van der Waals surface area (Å²) in [6.45, 7) is 3.58. The highest BCUT2D eigenvalue weighted by Crippen LogP contribution is 2.33. The van der Waals surface area contributed by atoms with Gasteiger partial charge in [0.1, 0.15) is 11.5 Å². The number of anilines is 1. The lowest BCUT2D eigenvalue weighted by Gasteiger charge is -2.34. The number of hydrogen-bond donors (Lipinski definition) is 0. The summed E-state index contributed by atoms with van der Waals surface area (Å²) in [7, 11) is -2.68. The molecule has 32 heavy (non-hydrogen) atoms. The molecule has 172 valence electrons. The van der Waals surface area contributed by atoms with Gasteiger partial charge in [0, 0.05) is 6.54 Å². The summed E-state index contributed by atoms with van der Waals surface area (Å²) >= 11 is 0. The van der Waals surface area contributed by atoms with Gasteiger partial charge in [0.25, 0.3) is 0 Å². The maximum absolute atomic E-state index is 13.2. The number of carbonyl (C=O) groups is 2. The van der Waals surface area contributed by atoms with E-state index >= 15 is 0 Å². The minimum atomic E-state index is -3.92. The molecule has 1 aliphatic rings. The number of amides is 1. The molecular formula is C22H26N2O7S. The van der Waals surface area contributed by atoms with Gasteiger partial charge in [0.2, 0.25) is 22.0 Å². The molecule has 0 radical (unpaired) electrons. The summed E-state index contributed by atoms with van der Waals surface area (Å²) in [4.78, 5) is 26.7. The molecule has 9 nitrogen and oxygen atoms in total. The van der Waals surface area contributed by atoms with Crippen LogP contribution in [0.3, 0.4) is 0 Å². The van der Waals surface area contributed by atoms with Crippen molar-refractivity contribution in [3.8, 4) is 11.5 Å². The first kappa shape index (κ1) is 23.6. The zero-order valence-electron chi connectivity index (χ0n) is 18.2. The third-order valence-corrected chi connectivity index (χ3v) is 6.91. The Hall–Kier alpha value is -3.11. The smallest absolute Gasteiger partial charge is 0.348 e. The van der Waals surface area contributed by atoms with E-state index in [9.17, 15) is 18.0 Å². The molecule has 0 saturated carbocycles. The van der Waals surface area contributed by atoms with Crippen molar-refractivity contribution in [2.75, 3.05) is 38.3 Å². The highest BCUT2D eigenvalue weighted by molar-refractivity contribution is 7.89. The fourth-order valence-corrected chi connectivity index (χ4v) is 4.75. The molecule has 0 N–H and O–H groups in total. The topological polar surface area (TPSA) is 102 Å². The van der Waals surface area contributed by atoms with Crippen molar-refractivity contribution in [1.29, 1.82) is 0 Å². The molecule has 1 amide bonds. The van der Waals surface area contributed by atoms with Gasteiger partial charge in [-0.1, -0.05) is 19.1 Å². The summed E-state index contributed by atoms with van der Waals surface area (Å²) in [5.74, 6) is -0.193. The number of nitrogens with zero attached hydrogens (tertiary/aromatic N) is 2. The molecule has 0 unspecified atom stereocenters. The summed E-state index contributed by atoms with van der Waals surface area (Å²) < 4.78 is 43.1. The van der Waals surface area contributed by atoms with Crippen LogP contribution in [0.5, 0.6) is 11.5 Å². The predicted molar refractivity (Wildman–Crippen MR) is 117 cm³/mol. The third kappa shape index (κ3) is 4.86. The minimum absolute atomic E-state index is 0.0606. The SMILES string of the molecule is CCOc1ccc(S(=O)(=O)N(CC)CC(=O)N2C[C@H](C(=O)OC)Oc3ccccc32)cc1. The number of methoxy groups -OCH3 is 1. The van der Waals surface area contributed by atoms with Gasteiger partial charge < -0.3 is 19.1 Å². The van der Waals surface area contributed by atoms with E-state index in [0.717, 1.165) is 4.31 Å². The van der Waals surface area contributed by atoms with E-state index in [1.165, 1.54) is 24.1 Å². The average molecular weight is 463 g/mol. The van der Waals surface area contributed by atoms with Crippen LogP contribution in [0.15, 0.2) is 53.4 Å². The number of benzene rings is 2. The summed E-state index contributed by atoms with van der Waals surface area (Å²) in [6.07, 6.45) is -1.00. The van der Waals surface area contributed by atoms with E-state index in [4.69, 9.17) is 14.2 Å². The lowest BCUT2D eigenvalue weighted by Crippen LogP contribution is -2.50. The molecule has 2 aromatic rings. The lowest BCUT2D eigenvalue weighted by atomic mass is 10.2. The molecule has 0 fully saturated rings. The first-order valence-electron chi connectivity index (χ1n) is 10.2. The Morgan fingerprint density at radius 2 is 1.81 bits per heavy atom. The van der Waals surface area contributed by atoms with Crippen molar-refractivity contribution in [2.24, 2.45) is 0 Å². The standard InChI is InChI=1S/C22H26N2O7S/c1-4-23(32(27,28)17-12-10-16(11-13-17)30-5-2)15-21(25)24-14-20(22(26)29-3)31-19-9-7-6-8-18(19)24/h6-13,20H,4-5,14-15H2,1-3H3/t20-/m1/s1. The van der Waals surface area contributed by atoms with Gasteiger partial charge in [-0.3, -0.25) is 4.79 Å². The van der Waals surface area contributed by atoms with Crippen LogP contribution in [0.4, 0.5) is 5.69 Å². The normalized spacial score (nSPS) is 15.6. The second-order valence-corrected chi connectivity index (χ2v) is 8.88. The van der Waals surface area contributed by atoms with Crippen LogP contribution in [0.1, 0.15) is 13.8 Å². The van der Waals surface area contributed by atoms with E-state index < -0.39 is 34.5 Å². The molecule has 0 bridgehead atoms. The zero-order chi connectivity index (χ0) is 23.3. The monoisotopic (exact) mass is 462 g/mol. The van der Waals surface area contributed by atoms with Gasteiger partial charge in [-0.25, -0.2) is 13.2 Å². The van der Waals surface area contributed by atoms with Crippen molar-refractivity contribution in [1.82, 2.24) is 4.31 Å². The quantitative estimate of drug-likeness (QED) is 0.553. The van der Waals surface area contributed by atoms with Crippen molar-refractivity contribution >= 4 is 27.6 Å². The molecule has 0 saturated heterocycles. The van der Waals surface area contributed by atoms with Crippen molar-refractivity contribution < 1.29 is 32.2 Å². The number of fused-ring (bicyclic) bond motifs is 1.